The predicted octanol–water partition coefficient (Wildman–Crippen LogP) is 9.30. The molecule has 0 aliphatic rings. The van der Waals surface area contributed by atoms with Crippen molar-refractivity contribution in [2.75, 3.05) is 34.2 Å². The summed E-state index contributed by atoms with van der Waals surface area (Å²) in [4.78, 5) is 34.9. The molecule has 0 saturated heterocycles. The van der Waals surface area contributed by atoms with Crippen molar-refractivity contribution in [1.29, 1.82) is 0 Å². The van der Waals surface area contributed by atoms with Crippen molar-refractivity contribution in [3.05, 3.63) is 118 Å². The second-order valence-electron chi connectivity index (χ2n) is 12.9. The van der Waals surface area contributed by atoms with E-state index in [1.54, 1.807) is 37.3 Å². The molecule has 0 fully saturated rings. The van der Waals surface area contributed by atoms with Crippen LogP contribution in [0.5, 0.6) is 0 Å². The van der Waals surface area contributed by atoms with E-state index >= 15 is 0 Å². The first-order chi connectivity index (χ1) is 25.0. The standard InChI is InChI=1S/C25H26F6O3.C13H18NO5P/c1-16(22(32)33-4)10-11-23(3,19-8-6-5-7-9-19)15-34-17(2)18-12-20(24(26,27)28)14-21(13-18)25(29,30)31;1-18-12(15)11(20(2,3)17)14-13(16)19-9-10-7-5-4-6-8-10/h5-10,12-14,17H,11,15H2,1-4H3;4-8,11H,9H2,1-3H3,(H,14,16)/b16-10-;/t17-,23+;/m1./s1. The first-order valence-electron chi connectivity index (χ1n) is 16.3. The van der Waals surface area contributed by atoms with Gasteiger partial charge in [0.25, 0.3) is 0 Å². The van der Waals surface area contributed by atoms with Gasteiger partial charge in [0.2, 0.25) is 0 Å². The van der Waals surface area contributed by atoms with Crippen molar-refractivity contribution < 1.29 is 64.2 Å². The number of halogens is 6. The molecule has 16 heteroatoms. The molecular weight excluding hydrogens is 743 g/mol. The molecule has 3 aromatic carbocycles. The molecule has 0 aliphatic carbocycles. The van der Waals surface area contributed by atoms with Gasteiger partial charge in [-0.2, -0.15) is 26.3 Å². The quantitative estimate of drug-likeness (QED) is 0.0599. The zero-order valence-corrected chi connectivity index (χ0v) is 31.7. The van der Waals surface area contributed by atoms with E-state index < -0.39 is 66.0 Å². The van der Waals surface area contributed by atoms with Crippen LogP contribution in [0, 0.1) is 0 Å². The number of hydrogen-bond donors (Lipinski definition) is 1. The average Bonchev–Trinajstić information content (AvgIpc) is 3.13. The zero-order chi connectivity index (χ0) is 40.9. The van der Waals surface area contributed by atoms with Crippen molar-refractivity contribution in [3.8, 4) is 0 Å². The molecule has 9 nitrogen and oxygen atoms in total. The third kappa shape index (κ3) is 14.3. The predicted molar refractivity (Wildman–Crippen MR) is 190 cm³/mol. The summed E-state index contributed by atoms with van der Waals surface area (Å²) in [5, 5.41) is 2.28. The van der Waals surface area contributed by atoms with E-state index in [1.807, 2.05) is 43.3 Å². The summed E-state index contributed by atoms with van der Waals surface area (Å²) in [5.41, 5.74) is -1.74. The minimum Gasteiger partial charge on any atom is -0.467 e. The summed E-state index contributed by atoms with van der Waals surface area (Å²) in [6.07, 6.45) is -9.76. The van der Waals surface area contributed by atoms with Gasteiger partial charge in [0, 0.05) is 11.0 Å². The number of amides is 1. The number of hydrogen-bond acceptors (Lipinski definition) is 8. The number of benzene rings is 3. The van der Waals surface area contributed by atoms with Crippen molar-refractivity contribution >= 4 is 25.2 Å². The number of nitrogens with one attached hydrogen (secondary N) is 1. The molecule has 0 saturated carbocycles. The summed E-state index contributed by atoms with van der Waals surface area (Å²) in [6, 6.07) is 19.6. The lowest BCUT2D eigenvalue weighted by atomic mass is 9.79. The van der Waals surface area contributed by atoms with Crippen LogP contribution in [0.3, 0.4) is 0 Å². The van der Waals surface area contributed by atoms with E-state index in [0.717, 1.165) is 11.1 Å². The van der Waals surface area contributed by atoms with Crippen molar-refractivity contribution in [2.24, 2.45) is 0 Å². The molecule has 3 atom stereocenters. The first kappa shape index (κ1) is 45.5. The number of esters is 2. The third-order valence-corrected chi connectivity index (χ3v) is 9.67. The molecule has 0 aromatic heterocycles. The van der Waals surface area contributed by atoms with Gasteiger partial charge in [-0.3, -0.25) is 0 Å². The van der Waals surface area contributed by atoms with Gasteiger partial charge in [0.15, 0.2) is 5.78 Å². The fourth-order valence-corrected chi connectivity index (χ4v) is 5.83. The number of allylic oxidation sites excluding steroid dienone is 1. The molecular formula is C38H44F6NO8P. The number of ether oxygens (including phenoxy) is 4. The molecule has 3 aromatic rings. The lowest BCUT2D eigenvalue weighted by Gasteiger charge is -2.31. The van der Waals surface area contributed by atoms with Gasteiger partial charge in [-0.1, -0.05) is 73.7 Å². The van der Waals surface area contributed by atoms with E-state index in [2.05, 4.69) is 10.1 Å². The first-order valence-corrected chi connectivity index (χ1v) is 19.0. The second kappa shape index (κ2) is 19.6. The Labute approximate surface area is 310 Å². The SMILES string of the molecule is COC(=O)/C(C)=C\C[C@@](C)(CO[C@H](C)c1cc(C(F)(F)F)cc(C(F)(F)F)c1)c1ccccc1.COC(=O)C(NC(=O)OCc1ccccc1)P(C)(C)=O. The fourth-order valence-electron chi connectivity index (χ4n) is 4.80. The van der Waals surface area contributed by atoms with E-state index in [4.69, 9.17) is 14.2 Å². The Balaban J connectivity index is 0.000000429. The van der Waals surface area contributed by atoms with Crippen LogP contribution < -0.4 is 5.32 Å². The molecule has 0 bridgehead atoms. The van der Waals surface area contributed by atoms with Gasteiger partial charge in [-0.05, 0) is 68.5 Å². The van der Waals surface area contributed by atoms with Crippen LogP contribution in [0.15, 0.2) is 90.5 Å². The number of rotatable bonds is 13. The van der Waals surface area contributed by atoms with Gasteiger partial charge < -0.3 is 28.8 Å². The number of carbonyl (C=O) groups excluding carboxylic acids is 3. The largest absolute Gasteiger partial charge is 0.467 e. The van der Waals surface area contributed by atoms with Crippen molar-refractivity contribution in [1.82, 2.24) is 5.32 Å². The Morgan fingerprint density at radius 3 is 1.80 bits per heavy atom. The molecule has 0 spiro atoms. The normalized spacial score (nSPS) is 14.4. The smallest absolute Gasteiger partial charge is 0.416 e. The number of alkyl halides is 6. The Bertz CT molecular complexity index is 1750. The van der Waals surface area contributed by atoms with Gasteiger partial charge >= 0.3 is 30.4 Å². The minimum absolute atomic E-state index is 0.0271. The van der Waals surface area contributed by atoms with E-state index in [0.29, 0.717) is 24.1 Å². The summed E-state index contributed by atoms with van der Waals surface area (Å²) in [5.74, 6) is -2.46. The summed E-state index contributed by atoms with van der Waals surface area (Å²) in [6.45, 7) is 7.65. The van der Waals surface area contributed by atoms with Crippen LogP contribution in [0.4, 0.5) is 31.1 Å². The average molecular weight is 788 g/mol. The van der Waals surface area contributed by atoms with Crippen LogP contribution in [-0.4, -0.2) is 58.0 Å². The van der Waals surface area contributed by atoms with Crippen LogP contribution >= 0.6 is 7.14 Å². The Morgan fingerprint density at radius 1 is 0.815 bits per heavy atom. The highest BCUT2D eigenvalue weighted by atomic mass is 31.2. The van der Waals surface area contributed by atoms with Crippen LogP contribution in [0.2, 0.25) is 0 Å². The zero-order valence-electron chi connectivity index (χ0n) is 30.8. The Morgan fingerprint density at radius 2 is 1.33 bits per heavy atom. The molecule has 0 radical (unpaired) electrons. The Kier molecular flexibility index (Phi) is 16.6. The maximum Gasteiger partial charge on any atom is 0.416 e. The van der Waals surface area contributed by atoms with Crippen molar-refractivity contribution in [3.63, 3.8) is 0 Å². The monoisotopic (exact) mass is 787 g/mol. The van der Waals surface area contributed by atoms with Crippen molar-refractivity contribution in [2.45, 2.75) is 63.5 Å². The number of methoxy groups -OCH3 is 2. The molecule has 1 unspecified atom stereocenters. The van der Waals surface area contributed by atoms with Crippen LogP contribution in [0.1, 0.15) is 61.1 Å². The lowest BCUT2D eigenvalue weighted by Crippen LogP contribution is -2.41. The Hall–Kier alpha value is -4.62. The highest BCUT2D eigenvalue weighted by molar-refractivity contribution is 7.64. The molecule has 1 N–H and O–H groups in total. The van der Waals surface area contributed by atoms with Crippen LogP contribution in [0.25, 0.3) is 0 Å². The molecule has 54 heavy (non-hydrogen) atoms. The number of alkyl carbamates (subject to hydrolysis) is 1. The maximum absolute atomic E-state index is 13.2. The van der Waals surface area contributed by atoms with E-state index in [9.17, 15) is 45.3 Å². The summed E-state index contributed by atoms with van der Waals surface area (Å²) >= 11 is 0. The highest BCUT2D eigenvalue weighted by Crippen LogP contribution is 2.42. The molecule has 3 rings (SSSR count). The van der Waals surface area contributed by atoms with Crippen LogP contribution in [-0.2, 0) is 57.5 Å². The molecule has 0 aliphatic heterocycles. The third-order valence-electron chi connectivity index (χ3n) is 8.08. The molecule has 0 heterocycles. The van der Waals surface area contributed by atoms with Gasteiger partial charge in [-0.25, -0.2) is 14.4 Å². The van der Waals surface area contributed by atoms with E-state index in [1.165, 1.54) is 34.5 Å². The topological polar surface area (TPSA) is 117 Å². The summed E-state index contributed by atoms with van der Waals surface area (Å²) in [7, 11) is -0.461. The van der Waals surface area contributed by atoms with Gasteiger partial charge in [0.05, 0.1) is 38.1 Å². The highest BCUT2D eigenvalue weighted by Gasteiger charge is 2.38. The minimum atomic E-state index is -4.94. The second-order valence-corrected chi connectivity index (χ2v) is 16.3. The molecule has 296 valence electrons. The number of carbonyl (C=O) groups is 3. The summed E-state index contributed by atoms with van der Waals surface area (Å²) < 4.78 is 111. The molecule has 1 amide bonds. The van der Waals surface area contributed by atoms with Gasteiger partial charge in [0.1, 0.15) is 13.7 Å². The van der Waals surface area contributed by atoms with Gasteiger partial charge in [-0.15, -0.1) is 0 Å². The lowest BCUT2D eigenvalue weighted by molar-refractivity contribution is -0.143. The maximum atomic E-state index is 13.2. The van der Waals surface area contributed by atoms with E-state index in [-0.39, 0.29) is 24.8 Å². The fraction of sp³-hybridized carbons (Fsp3) is 0.395.